The lowest BCUT2D eigenvalue weighted by atomic mass is 9.81. The summed E-state index contributed by atoms with van der Waals surface area (Å²) in [6.45, 7) is 9.14. The molecule has 0 spiro atoms. The van der Waals surface area contributed by atoms with Crippen molar-refractivity contribution in [2.24, 2.45) is 0 Å². The minimum Gasteiger partial charge on any atom is -0.0620 e. The third-order valence-electron chi connectivity index (χ3n) is 18.8. The zero-order chi connectivity index (χ0) is 57.4. The van der Waals surface area contributed by atoms with Crippen molar-refractivity contribution < 1.29 is 10.3 Å². The molecule has 0 saturated heterocycles. The third kappa shape index (κ3) is 5.21. The summed E-state index contributed by atoms with van der Waals surface area (Å²) in [4.78, 5) is 0. The van der Waals surface area contributed by atoms with Crippen LogP contribution >= 0.6 is 0 Å². The van der Waals surface area contributed by atoms with E-state index in [2.05, 4.69) is 246 Å². The Bertz CT molecular complexity index is 5240. The molecule has 0 saturated carbocycles. The molecule has 0 unspecified atom stereocenters. The molecule has 0 radical (unpaired) electrons. The van der Waals surface area contributed by atoms with Crippen LogP contribution in [0.2, 0.25) is 0 Å². The highest BCUT2D eigenvalue weighted by Crippen LogP contribution is 2.62. The molecule has 0 N–H and O–H groups in total. The van der Waals surface area contributed by atoms with Gasteiger partial charge < -0.3 is 0 Å². The number of rotatable bonds is 4. The molecule has 0 heteroatoms. The normalized spacial score (nSPS) is 12.9. The van der Waals surface area contributed by atoms with E-state index < -0.39 is 0 Å². The first kappa shape index (κ1) is 39.7. The van der Waals surface area contributed by atoms with Crippen LogP contribution in [-0.4, -0.2) is 0 Å². The van der Waals surface area contributed by atoms with Crippen LogP contribution in [0, 0.1) is 27.7 Å². The Kier molecular flexibility index (Phi) is 7.68. The maximum absolute atomic E-state index is 5.00. The van der Waals surface area contributed by atoms with E-state index in [1.54, 1.807) is 0 Å². The molecule has 17 aromatic carbocycles. The molecular formula is C78H56. The van der Waals surface area contributed by atoms with Crippen molar-refractivity contribution in [3.05, 3.63) is 241 Å². The maximum Gasteiger partial charge on any atom is 0 e. The van der Waals surface area contributed by atoms with Crippen LogP contribution < -0.4 is 0 Å². The summed E-state index contributed by atoms with van der Waals surface area (Å²) in [7, 11) is 0. The first-order valence-electron chi connectivity index (χ1n) is 30.7. The van der Waals surface area contributed by atoms with Gasteiger partial charge in [0.1, 0.15) is 0 Å². The molecule has 0 bridgehead atoms. The number of benzene rings is 15. The smallest absolute Gasteiger partial charge is 0 e. The molecule has 0 fully saturated rings. The summed E-state index contributed by atoms with van der Waals surface area (Å²) in [6, 6.07) is 84.0. The Labute approximate surface area is 461 Å². The minimum atomic E-state index is 0. The van der Waals surface area contributed by atoms with Crippen molar-refractivity contribution in [3.8, 4) is 66.8 Å². The summed E-state index contributed by atoms with van der Waals surface area (Å²) >= 11 is 0. The molecule has 17 aromatic rings. The number of aryl methyl sites for hydroxylation is 4. The second kappa shape index (κ2) is 15.1. The average Bonchev–Trinajstić information content (AvgIpc) is 1.59. The molecule has 0 atom stereocenters. The largest absolute Gasteiger partial charge is 0.0620 e. The lowest BCUT2D eigenvalue weighted by molar-refractivity contribution is 1.46. The number of fused-ring (bicyclic) bond motifs is 13. The number of hydrogen-bond acceptors (Lipinski definition) is 0. The molecule has 0 heterocycles. The molecule has 1 aliphatic rings. The second-order valence-corrected chi connectivity index (χ2v) is 22.6. The zero-order valence-corrected chi connectivity index (χ0v) is 43.8. The SMILES string of the molecule is Cc1ccccc1-c1c2c(c(-c3ccccc3C)c3ccccc13)-c1ccc3c4ccc5c6c(-c7ccccc7C)c7cc8c(cc7c(-c7ccccc7C)c6c6ccc(c7ccc-2c1c73)c4c65)c1cccc2cccc8c21.[2HH].[2H][2H].[2H][2H].[2H][2H]. The quantitative estimate of drug-likeness (QED) is 0.122. The van der Waals surface area contributed by atoms with Crippen LogP contribution in [0.5, 0.6) is 0 Å². The predicted molar refractivity (Wildman–Crippen MR) is 346 cm³/mol. The molecule has 368 valence electrons. The van der Waals surface area contributed by atoms with Gasteiger partial charge in [-0.05, 0) is 247 Å². The van der Waals surface area contributed by atoms with Crippen LogP contribution in [-0.2, 0) is 0 Å². The van der Waals surface area contributed by atoms with Gasteiger partial charge in [0.15, 0.2) is 0 Å². The fraction of sp³-hybridized carbons (Fsp3) is 0.0513. The van der Waals surface area contributed by atoms with Crippen molar-refractivity contribution in [1.29, 1.82) is 0 Å². The van der Waals surface area contributed by atoms with Crippen LogP contribution in [0.4, 0.5) is 0 Å². The maximum atomic E-state index is 5.00. The summed E-state index contributed by atoms with van der Waals surface area (Å²) in [5, 5.41) is 29.2. The summed E-state index contributed by atoms with van der Waals surface area (Å²) in [6.07, 6.45) is 0. The van der Waals surface area contributed by atoms with E-state index in [0.29, 0.717) is 0 Å². The van der Waals surface area contributed by atoms with Gasteiger partial charge in [-0.25, -0.2) is 0 Å². The average molecular weight is 1000 g/mol. The lowest BCUT2D eigenvalue weighted by Crippen LogP contribution is -1.95. The molecule has 0 amide bonds. The molecule has 78 heavy (non-hydrogen) atoms. The third-order valence-corrected chi connectivity index (χ3v) is 18.8. The van der Waals surface area contributed by atoms with E-state index in [9.17, 15) is 0 Å². The summed E-state index contributed by atoms with van der Waals surface area (Å²) in [5.41, 5.74) is 21.0. The van der Waals surface area contributed by atoms with Crippen LogP contribution in [0.1, 0.15) is 32.6 Å². The summed E-state index contributed by atoms with van der Waals surface area (Å²) in [5.74, 6) is 0. The Morgan fingerprint density at radius 3 is 0.936 bits per heavy atom. The van der Waals surface area contributed by atoms with Crippen LogP contribution in [0.15, 0.2) is 218 Å². The molecule has 0 aromatic heterocycles. The fourth-order valence-electron chi connectivity index (χ4n) is 15.5. The highest BCUT2D eigenvalue weighted by molar-refractivity contribution is 6.48. The molecule has 1 aliphatic carbocycles. The molecule has 0 aliphatic heterocycles. The molecule has 18 rings (SSSR count). The van der Waals surface area contributed by atoms with E-state index in [1.807, 2.05) is 0 Å². The minimum absolute atomic E-state index is 0. The van der Waals surface area contributed by atoms with Gasteiger partial charge in [-0.3, -0.25) is 0 Å². The van der Waals surface area contributed by atoms with Gasteiger partial charge in [-0.1, -0.05) is 206 Å². The van der Waals surface area contributed by atoms with Gasteiger partial charge in [-0.2, -0.15) is 0 Å². The van der Waals surface area contributed by atoms with Crippen LogP contribution in [0.3, 0.4) is 0 Å². The second-order valence-electron chi connectivity index (χ2n) is 22.6. The van der Waals surface area contributed by atoms with Gasteiger partial charge in [0, 0.05) is 10.3 Å². The first-order valence-corrected chi connectivity index (χ1v) is 27.7. The fourth-order valence-corrected chi connectivity index (χ4v) is 15.5. The van der Waals surface area contributed by atoms with Crippen molar-refractivity contribution >= 4 is 118 Å². The monoisotopic (exact) mass is 999 g/mol. The zero-order valence-electron chi connectivity index (χ0n) is 49.8. The van der Waals surface area contributed by atoms with Gasteiger partial charge in [-0.15, -0.1) is 0 Å². The topological polar surface area (TPSA) is 0 Å². The van der Waals surface area contributed by atoms with E-state index >= 15 is 0 Å². The van der Waals surface area contributed by atoms with E-state index in [4.69, 9.17) is 8.91 Å². The lowest BCUT2D eigenvalue weighted by Gasteiger charge is -2.22. The predicted octanol–water partition coefficient (Wildman–Crippen LogP) is 23.2. The van der Waals surface area contributed by atoms with Gasteiger partial charge in [0.25, 0.3) is 0 Å². The van der Waals surface area contributed by atoms with E-state index in [-0.39, 0.29) is 1.43 Å². The van der Waals surface area contributed by atoms with Gasteiger partial charge >= 0.3 is 0 Å². The first-order chi connectivity index (χ1) is 41.4. The van der Waals surface area contributed by atoms with Crippen molar-refractivity contribution in [2.45, 2.75) is 27.7 Å². The Hall–Kier alpha value is -9.62. The van der Waals surface area contributed by atoms with Crippen molar-refractivity contribution in [1.82, 2.24) is 0 Å². The van der Waals surface area contributed by atoms with Crippen molar-refractivity contribution in [2.75, 3.05) is 0 Å². The van der Waals surface area contributed by atoms with E-state index in [1.165, 1.54) is 208 Å². The van der Waals surface area contributed by atoms with Gasteiger partial charge in [0.2, 0.25) is 0 Å². The number of hydrogen-bond donors (Lipinski definition) is 0. The Morgan fingerprint density at radius 1 is 0.192 bits per heavy atom. The van der Waals surface area contributed by atoms with E-state index in [0.717, 1.165) is 0 Å². The Balaban J connectivity index is 0.000000889. The van der Waals surface area contributed by atoms with Gasteiger partial charge in [0.05, 0.1) is 0 Å². The molecule has 0 nitrogen and oxygen atoms in total. The highest BCUT2D eigenvalue weighted by Gasteiger charge is 2.34. The van der Waals surface area contributed by atoms with Crippen LogP contribution in [0.25, 0.3) is 185 Å². The molecular weight excluding hydrogens is 937 g/mol. The standard InChI is InChI=1S/C78H48.4H2/c1-41-17-5-9-23-46(41)67-50-27-13-14-28-51(50)68(47-24-10-6-18-42(47)2)76-59-36-32-55-57-34-38-61-74-60(37-33-56(72(57)74)54-31-35-58(75(67)76)73(59)71(54)55)77-69(48-25-11-7-19-43(48)3)64-39-62-52-29-15-21-45-22-16-30-53(66(45)52)63(62)40-65(64)70(78(61)77)49-26-12-8-20-44(49)4;;;;/h5-40H,1-4H3;4*1H/i;3*1+1D;1+1. The van der Waals surface area contributed by atoms with Crippen molar-refractivity contribution in [3.63, 3.8) is 0 Å². The Morgan fingerprint density at radius 2 is 0.513 bits per heavy atom. The highest BCUT2D eigenvalue weighted by atomic mass is 14.4. The summed E-state index contributed by atoms with van der Waals surface area (Å²) < 4.78 is 30.0.